The first-order chi connectivity index (χ1) is 13.0. The summed E-state index contributed by atoms with van der Waals surface area (Å²) in [5, 5.41) is 16.5. The van der Waals surface area contributed by atoms with Crippen molar-refractivity contribution < 1.29 is 19.4 Å². The number of aliphatic hydroxyl groups excluding tert-OH is 1. The van der Waals surface area contributed by atoms with E-state index in [9.17, 15) is 14.7 Å². The van der Waals surface area contributed by atoms with Gasteiger partial charge in [0.1, 0.15) is 0 Å². The number of fused-ring (bicyclic) bond motifs is 4. The molecule has 8 nitrogen and oxygen atoms in total. The molecule has 4 unspecified atom stereocenters. The molecule has 2 fully saturated rings. The molecule has 3 aliphatic heterocycles. The third-order valence-corrected chi connectivity index (χ3v) is 6.15. The lowest BCUT2D eigenvalue weighted by molar-refractivity contribution is -0.137. The predicted octanol–water partition coefficient (Wildman–Crippen LogP) is -0.206. The van der Waals surface area contributed by atoms with E-state index >= 15 is 0 Å². The Morgan fingerprint density at radius 3 is 2.93 bits per heavy atom. The largest absolute Gasteiger partial charge is 0.396 e. The van der Waals surface area contributed by atoms with Crippen molar-refractivity contribution in [1.29, 1.82) is 0 Å². The molecule has 1 aromatic heterocycles. The second kappa shape index (κ2) is 5.48. The topological polar surface area (TPSA) is 114 Å². The second-order valence-electron chi connectivity index (χ2n) is 7.34. The third-order valence-electron chi connectivity index (χ3n) is 6.15. The molecule has 140 valence electrons. The van der Waals surface area contributed by atoms with Crippen LogP contribution in [0.15, 0.2) is 47.1 Å². The summed E-state index contributed by atoms with van der Waals surface area (Å²) < 4.78 is 5.87. The number of Topliss-reactive ketones (excluding diaryl/α,β-unsaturated/α-hetero) is 2. The Labute approximate surface area is 155 Å². The zero-order valence-electron chi connectivity index (χ0n) is 15.0. The number of ketones is 2. The molecule has 4 atom stereocenters. The van der Waals surface area contributed by atoms with Gasteiger partial charge < -0.3 is 25.4 Å². The van der Waals surface area contributed by atoms with Crippen LogP contribution >= 0.6 is 0 Å². The van der Waals surface area contributed by atoms with Gasteiger partial charge >= 0.3 is 0 Å². The number of anilines is 1. The molecule has 3 N–H and O–H groups in total. The number of aliphatic hydroxyl groups is 1. The van der Waals surface area contributed by atoms with E-state index in [0.29, 0.717) is 29.1 Å². The van der Waals surface area contributed by atoms with Crippen molar-refractivity contribution >= 4 is 17.3 Å². The first kappa shape index (κ1) is 16.6. The summed E-state index contributed by atoms with van der Waals surface area (Å²) in [6.45, 7) is 1.97. The van der Waals surface area contributed by atoms with E-state index in [1.807, 2.05) is 4.90 Å². The number of rotatable bonds is 4. The van der Waals surface area contributed by atoms with Crippen LogP contribution in [0, 0.1) is 5.92 Å². The van der Waals surface area contributed by atoms with E-state index in [1.165, 1.54) is 0 Å². The molecular formula is C19H20N4O4. The molecule has 0 amide bonds. The van der Waals surface area contributed by atoms with Crippen LogP contribution < -0.4 is 10.6 Å². The fraction of sp³-hybridized carbons (Fsp3) is 0.421. The quantitative estimate of drug-likeness (QED) is 0.494. The maximum Gasteiger partial charge on any atom is 0.208 e. The van der Waals surface area contributed by atoms with Gasteiger partial charge in [-0.05, 0) is 19.1 Å². The first-order valence-electron chi connectivity index (χ1n) is 8.95. The summed E-state index contributed by atoms with van der Waals surface area (Å²) in [5.74, 6) is -1.06. The summed E-state index contributed by atoms with van der Waals surface area (Å²) in [6, 6.07) is 3.75. The van der Waals surface area contributed by atoms with E-state index in [2.05, 4.69) is 15.6 Å². The molecule has 0 saturated carbocycles. The van der Waals surface area contributed by atoms with Gasteiger partial charge in [-0.1, -0.05) is 0 Å². The maximum absolute atomic E-state index is 13.4. The highest BCUT2D eigenvalue weighted by Crippen LogP contribution is 2.55. The van der Waals surface area contributed by atoms with Crippen LogP contribution in [0.2, 0.25) is 0 Å². The van der Waals surface area contributed by atoms with E-state index < -0.39 is 11.6 Å². The average molecular weight is 368 g/mol. The SMILES string of the molecule is COC12C(CO)C3=C(C(=O)C(C)=C(Nc4cccnc4)C3=O)N1CC1NC12. The van der Waals surface area contributed by atoms with Gasteiger partial charge in [0.25, 0.3) is 0 Å². The molecule has 0 spiro atoms. The predicted molar refractivity (Wildman–Crippen MR) is 95.3 cm³/mol. The molecular weight excluding hydrogens is 348 g/mol. The first-order valence-corrected chi connectivity index (χ1v) is 8.95. The molecule has 8 heteroatoms. The molecule has 27 heavy (non-hydrogen) atoms. The Kier molecular flexibility index (Phi) is 3.37. The normalized spacial score (nSPS) is 34.0. The minimum atomic E-state index is -0.889. The van der Waals surface area contributed by atoms with Crippen molar-refractivity contribution in [3.63, 3.8) is 0 Å². The van der Waals surface area contributed by atoms with Crippen molar-refractivity contribution in [3.8, 4) is 0 Å². The number of hydrogen-bond acceptors (Lipinski definition) is 8. The van der Waals surface area contributed by atoms with Gasteiger partial charge in [-0.15, -0.1) is 0 Å². The zero-order chi connectivity index (χ0) is 18.9. The molecule has 4 heterocycles. The van der Waals surface area contributed by atoms with Gasteiger partial charge in [0.05, 0.1) is 41.8 Å². The van der Waals surface area contributed by atoms with E-state index in [4.69, 9.17) is 4.74 Å². The number of nitrogens with one attached hydrogen (secondary N) is 2. The summed E-state index contributed by atoms with van der Waals surface area (Å²) in [5.41, 5.74) is 1.05. The molecule has 5 rings (SSSR count). The van der Waals surface area contributed by atoms with Gasteiger partial charge in [0.15, 0.2) is 5.72 Å². The van der Waals surface area contributed by atoms with Gasteiger partial charge in [-0.25, -0.2) is 0 Å². The standard InChI is InChI=1S/C19H20N4O4/c1-9-14(21-10-4-3-5-20-6-10)17(26)13-11(8-24)19(27-2)18-12(22-18)7-23(19)15(13)16(9)25/h3-6,11-12,18,21-22,24H,7-8H2,1-2H3. The lowest BCUT2D eigenvalue weighted by atomic mass is 9.82. The van der Waals surface area contributed by atoms with E-state index in [-0.39, 0.29) is 36.0 Å². The van der Waals surface area contributed by atoms with Gasteiger partial charge in [0, 0.05) is 37.0 Å². The number of pyridine rings is 1. The Bertz CT molecular complexity index is 925. The lowest BCUT2D eigenvalue weighted by Crippen LogP contribution is -2.54. The smallest absolute Gasteiger partial charge is 0.208 e. The number of piperazine rings is 1. The van der Waals surface area contributed by atoms with Crippen LogP contribution in [-0.4, -0.2) is 64.6 Å². The Balaban J connectivity index is 1.59. The van der Waals surface area contributed by atoms with Crippen molar-refractivity contribution in [1.82, 2.24) is 15.2 Å². The summed E-state index contributed by atoms with van der Waals surface area (Å²) in [7, 11) is 1.57. The molecule has 1 aromatic rings. The monoisotopic (exact) mass is 368 g/mol. The second-order valence-corrected chi connectivity index (χ2v) is 7.34. The number of methoxy groups -OCH3 is 1. The lowest BCUT2D eigenvalue weighted by Gasteiger charge is -2.39. The van der Waals surface area contributed by atoms with Crippen LogP contribution in [0.25, 0.3) is 0 Å². The molecule has 2 saturated heterocycles. The number of allylic oxidation sites excluding steroid dienone is 2. The number of hydrogen-bond donors (Lipinski definition) is 3. The minimum absolute atomic E-state index is 0.000823. The number of carbonyl (C=O) groups is 2. The Morgan fingerprint density at radius 2 is 2.26 bits per heavy atom. The van der Waals surface area contributed by atoms with Gasteiger partial charge in [0.2, 0.25) is 11.6 Å². The van der Waals surface area contributed by atoms with Crippen LogP contribution in [0.4, 0.5) is 5.69 Å². The summed E-state index contributed by atoms with van der Waals surface area (Å²) in [6.07, 6.45) is 3.23. The van der Waals surface area contributed by atoms with Crippen molar-refractivity contribution in [2.75, 3.05) is 25.6 Å². The number of aromatic nitrogens is 1. The van der Waals surface area contributed by atoms with E-state index in [1.54, 1.807) is 38.6 Å². The van der Waals surface area contributed by atoms with Crippen molar-refractivity contribution in [2.45, 2.75) is 24.7 Å². The van der Waals surface area contributed by atoms with Gasteiger partial charge in [-0.2, -0.15) is 0 Å². The minimum Gasteiger partial charge on any atom is -0.396 e. The number of carbonyl (C=O) groups excluding carboxylic acids is 2. The average Bonchev–Trinajstić information content (AvgIpc) is 3.30. The van der Waals surface area contributed by atoms with Crippen molar-refractivity contribution in [3.05, 3.63) is 47.1 Å². The molecule has 1 aliphatic carbocycles. The fourth-order valence-electron chi connectivity index (χ4n) is 4.88. The Morgan fingerprint density at radius 1 is 1.44 bits per heavy atom. The highest BCUT2D eigenvalue weighted by molar-refractivity contribution is 6.26. The van der Waals surface area contributed by atoms with E-state index in [0.717, 1.165) is 0 Å². The summed E-state index contributed by atoms with van der Waals surface area (Å²) >= 11 is 0. The number of nitrogens with zero attached hydrogens (tertiary/aromatic N) is 2. The third kappa shape index (κ3) is 1.95. The van der Waals surface area contributed by atoms with Crippen LogP contribution in [0.3, 0.4) is 0 Å². The molecule has 4 aliphatic rings. The zero-order valence-corrected chi connectivity index (χ0v) is 15.0. The molecule has 0 bridgehead atoms. The Hall–Kier alpha value is -2.55. The molecule has 0 radical (unpaired) electrons. The highest BCUT2D eigenvalue weighted by Gasteiger charge is 2.72. The maximum atomic E-state index is 13.4. The highest BCUT2D eigenvalue weighted by atomic mass is 16.5. The fourth-order valence-corrected chi connectivity index (χ4v) is 4.88. The van der Waals surface area contributed by atoms with Crippen LogP contribution in [0.5, 0.6) is 0 Å². The number of ether oxygens (including phenoxy) is 1. The summed E-state index contributed by atoms with van der Waals surface area (Å²) in [4.78, 5) is 32.5. The van der Waals surface area contributed by atoms with Crippen LogP contribution in [0.1, 0.15) is 6.92 Å². The van der Waals surface area contributed by atoms with Crippen LogP contribution in [-0.2, 0) is 14.3 Å². The van der Waals surface area contributed by atoms with Gasteiger partial charge in [-0.3, -0.25) is 14.6 Å². The van der Waals surface area contributed by atoms with Crippen molar-refractivity contribution in [2.24, 2.45) is 5.92 Å². The molecule has 0 aromatic carbocycles.